The van der Waals surface area contributed by atoms with Gasteiger partial charge in [-0.2, -0.15) is 5.10 Å². The summed E-state index contributed by atoms with van der Waals surface area (Å²) in [6.07, 6.45) is 4.87. The maximum Gasteiger partial charge on any atom is 0.310 e. The SMILES string of the molecule is CN=C(NCCCn1cc(C)cn1)N1CC(C)C(C(=O)OC)C1. The topological polar surface area (TPSA) is 71.8 Å². The van der Waals surface area contributed by atoms with Gasteiger partial charge in [-0.1, -0.05) is 6.92 Å². The first-order valence-corrected chi connectivity index (χ1v) is 8.07. The number of methoxy groups -OCH3 is 1. The number of rotatable bonds is 5. The lowest BCUT2D eigenvalue weighted by molar-refractivity contribution is -0.145. The number of esters is 1. The molecule has 1 N–H and O–H groups in total. The third-order valence-electron chi connectivity index (χ3n) is 4.24. The highest BCUT2D eigenvalue weighted by atomic mass is 16.5. The molecule has 1 fully saturated rings. The lowest BCUT2D eigenvalue weighted by atomic mass is 9.99. The molecule has 2 heterocycles. The molecule has 0 aromatic carbocycles. The van der Waals surface area contributed by atoms with Crippen molar-refractivity contribution in [2.24, 2.45) is 16.8 Å². The first-order valence-electron chi connectivity index (χ1n) is 8.07. The van der Waals surface area contributed by atoms with Gasteiger partial charge in [-0.05, 0) is 24.8 Å². The van der Waals surface area contributed by atoms with Crippen molar-refractivity contribution >= 4 is 11.9 Å². The quantitative estimate of drug-likeness (QED) is 0.377. The minimum Gasteiger partial charge on any atom is -0.469 e. The van der Waals surface area contributed by atoms with Crippen molar-refractivity contribution in [2.45, 2.75) is 26.8 Å². The molecule has 128 valence electrons. The number of nitrogens with zero attached hydrogens (tertiary/aromatic N) is 4. The molecule has 1 aromatic heterocycles. The average molecular weight is 321 g/mol. The van der Waals surface area contributed by atoms with Crippen molar-refractivity contribution in [2.75, 3.05) is 33.8 Å². The summed E-state index contributed by atoms with van der Waals surface area (Å²) >= 11 is 0. The Kier molecular flexibility index (Phi) is 6.01. The van der Waals surface area contributed by atoms with Crippen LogP contribution in [0.3, 0.4) is 0 Å². The predicted molar refractivity (Wildman–Crippen MR) is 89.2 cm³/mol. The summed E-state index contributed by atoms with van der Waals surface area (Å²) in [5.41, 5.74) is 1.17. The van der Waals surface area contributed by atoms with E-state index in [1.165, 1.54) is 12.7 Å². The molecule has 7 heteroatoms. The Bertz CT molecular complexity index is 554. The highest BCUT2D eigenvalue weighted by Crippen LogP contribution is 2.23. The van der Waals surface area contributed by atoms with E-state index in [-0.39, 0.29) is 17.8 Å². The standard InChI is InChI=1S/C16H27N5O2/c1-12-8-19-21(9-12)7-5-6-18-16(17-3)20-10-13(2)14(11-20)15(22)23-4/h8-9,13-14H,5-7,10-11H2,1-4H3,(H,17,18). The molecule has 1 aromatic rings. The number of guanidine groups is 1. The fraction of sp³-hybridized carbons (Fsp3) is 0.688. The third-order valence-corrected chi connectivity index (χ3v) is 4.24. The molecule has 7 nitrogen and oxygen atoms in total. The number of likely N-dealkylation sites (tertiary alicyclic amines) is 1. The van der Waals surface area contributed by atoms with Crippen LogP contribution >= 0.6 is 0 Å². The second kappa shape index (κ2) is 7.99. The summed E-state index contributed by atoms with van der Waals surface area (Å²) in [5, 5.41) is 7.64. The van der Waals surface area contributed by atoms with Crippen LogP contribution in [0.1, 0.15) is 18.9 Å². The van der Waals surface area contributed by atoms with Gasteiger partial charge in [0.15, 0.2) is 5.96 Å². The Morgan fingerprint density at radius 3 is 2.91 bits per heavy atom. The molecule has 0 amide bonds. The first kappa shape index (κ1) is 17.3. The summed E-state index contributed by atoms with van der Waals surface area (Å²) < 4.78 is 6.83. The molecule has 0 spiro atoms. The Balaban J connectivity index is 1.78. The monoisotopic (exact) mass is 321 g/mol. The molecule has 0 saturated carbocycles. The first-order chi connectivity index (χ1) is 11.0. The van der Waals surface area contributed by atoms with Crippen molar-refractivity contribution in [3.05, 3.63) is 18.0 Å². The molecule has 23 heavy (non-hydrogen) atoms. The van der Waals surface area contributed by atoms with E-state index in [4.69, 9.17) is 4.74 Å². The van der Waals surface area contributed by atoms with E-state index in [1.807, 2.05) is 24.0 Å². The summed E-state index contributed by atoms with van der Waals surface area (Å²) in [6.45, 7) is 7.28. The number of hydrogen-bond acceptors (Lipinski definition) is 4. The number of ether oxygens (including phenoxy) is 1. The van der Waals surface area contributed by atoms with Gasteiger partial charge < -0.3 is 15.0 Å². The van der Waals surface area contributed by atoms with Gasteiger partial charge in [0.05, 0.1) is 19.2 Å². The zero-order chi connectivity index (χ0) is 16.8. The summed E-state index contributed by atoms with van der Waals surface area (Å²) in [4.78, 5) is 18.2. The molecule has 2 atom stereocenters. The van der Waals surface area contributed by atoms with Crippen LogP contribution in [0.4, 0.5) is 0 Å². The molecule has 2 rings (SSSR count). The molecule has 1 aliphatic heterocycles. The van der Waals surface area contributed by atoms with Crippen LogP contribution in [0, 0.1) is 18.8 Å². The zero-order valence-corrected chi connectivity index (χ0v) is 14.5. The number of aromatic nitrogens is 2. The molecule has 1 saturated heterocycles. The summed E-state index contributed by atoms with van der Waals surface area (Å²) in [6, 6.07) is 0. The van der Waals surface area contributed by atoms with Gasteiger partial charge in [-0.15, -0.1) is 0 Å². The summed E-state index contributed by atoms with van der Waals surface area (Å²) in [7, 11) is 3.22. The molecule has 0 bridgehead atoms. The Morgan fingerprint density at radius 1 is 1.52 bits per heavy atom. The molecule has 2 unspecified atom stereocenters. The van der Waals surface area contributed by atoms with Crippen molar-refractivity contribution in [1.82, 2.24) is 20.0 Å². The number of hydrogen-bond donors (Lipinski definition) is 1. The van der Waals surface area contributed by atoms with E-state index >= 15 is 0 Å². The van der Waals surface area contributed by atoms with Crippen molar-refractivity contribution in [3.8, 4) is 0 Å². The molecule has 0 radical (unpaired) electrons. The second-order valence-corrected chi connectivity index (χ2v) is 6.12. The van der Waals surface area contributed by atoms with Crippen LogP contribution in [0.5, 0.6) is 0 Å². The highest BCUT2D eigenvalue weighted by Gasteiger charge is 2.36. The highest BCUT2D eigenvalue weighted by molar-refractivity contribution is 5.82. The predicted octanol–water partition coefficient (Wildman–Crippen LogP) is 0.898. The van der Waals surface area contributed by atoms with Gasteiger partial charge in [-0.25, -0.2) is 0 Å². The number of aliphatic imine (C=N–C) groups is 1. The van der Waals surface area contributed by atoms with E-state index in [9.17, 15) is 4.79 Å². The van der Waals surface area contributed by atoms with Crippen LogP contribution in [0.15, 0.2) is 17.4 Å². The lowest BCUT2D eigenvalue weighted by Gasteiger charge is -2.21. The minimum absolute atomic E-state index is 0.0781. The molecule has 0 aliphatic carbocycles. The van der Waals surface area contributed by atoms with Gasteiger partial charge in [0.25, 0.3) is 0 Å². The fourth-order valence-electron chi connectivity index (χ4n) is 2.96. The van der Waals surface area contributed by atoms with Crippen molar-refractivity contribution < 1.29 is 9.53 Å². The van der Waals surface area contributed by atoms with Crippen LogP contribution in [-0.4, -0.2) is 60.4 Å². The van der Waals surface area contributed by atoms with Crippen LogP contribution in [0.25, 0.3) is 0 Å². The number of nitrogens with one attached hydrogen (secondary N) is 1. The average Bonchev–Trinajstić information content (AvgIpc) is 3.12. The van der Waals surface area contributed by atoms with E-state index < -0.39 is 0 Å². The van der Waals surface area contributed by atoms with Crippen LogP contribution in [-0.2, 0) is 16.1 Å². The van der Waals surface area contributed by atoms with E-state index in [0.29, 0.717) is 6.54 Å². The van der Waals surface area contributed by atoms with Gasteiger partial charge >= 0.3 is 5.97 Å². The van der Waals surface area contributed by atoms with Gasteiger partial charge in [0.1, 0.15) is 0 Å². The Labute approximate surface area is 137 Å². The zero-order valence-electron chi connectivity index (χ0n) is 14.5. The molecular weight excluding hydrogens is 294 g/mol. The molecular formula is C16H27N5O2. The van der Waals surface area contributed by atoms with E-state index in [0.717, 1.165) is 32.0 Å². The smallest absolute Gasteiger partial charge is 0.310 e. The Morgan fingerprint density at radius 2 is 2.30 bits per heavy atom. The van der Waals surface area contributed by atoms with Crippen molar-refractivity contribution in [3.63, 3.8) is 0 Å². The summed E-state index contributed by atoms with van der Waals surface area (Å²) in [5.74, 6) is 0.906. The normalized spacial score (nSPS) is 21.6. The van der Waals surface area contributed by atoms with E-state index in [2.05, 4.69) is 27.2 Å². The van der Waals surface area contributed by atoms with Crippen molar-refractivity contribution in [1.29, 1.82) is 0 Å². The number of carbonyl (C=O) groups excluding carboxylic acids is 1. The van der Waals surface area contributed by atoms with Gasteiger partial charge in [-0.3, -0.25) is 14.5 Å². The number of aryl methyl sites for hydroxylation is 2. The minimum atomic E-state index is -0.135. The maximum absolute atomic E-state index is 11.8. The second-order valence-electron chi connectivity index (χ2n) is 6.12. The largest absolute Gasteiger partial charge is 0.469 e. The van der Waals surface area contributed by atoms with Crippen LogP contribution in [0.2, 0.25) is 0 Å². The van der Waals surface area contributed by atoms with Gasteiger partial charge in [0, 0.05) is 39.4 Å². The van der Waals surface area contributed by atoms with Crippen LogP contribution < -0.4 is 5.32 Å². The number of carbonyl (C=O) groups is 1. The van der Waals surface area contributed by atoms with E-state index in [1.54, 1.807) is 7.05 Å². The fourth-order valence-corrected chi connectivity index (χ4v) is 2.96. The lowest BCUT2D eigenvalue weighted by Crippen LogP contribution is -2.41. The Hall–Kier alpha value is -2.05. The maximum atomic E-state index is 11.8. The van der Waals surface area contributed by atoms with Gasteiger partial charge in [0.2, 0.25) is 0 Å². The third kappa shape index (κ3) is 4.46. The molecule has 1 aliphatic rings.